The number of benzene rings is 1. The lowest BCUT2D eigenvalue weighted by Gasteiger charge is -2.36. The van der Waals surface area contributed by atoms with Crippen molar-refractivity contribution in [3.05, 3.63) is 35.4 Å². The number of amides is 2. The second-order valence-electron chi connectivity index (χ2n) is 9.53. The van der Waals surface area contributed by atoms with Gasteiger partial charge in [0.05, 0.1) is 0 Å². The van der Waals surface area contributed by atoms with Gasteiger partial charge in [-0.05, 0) is 68.1 Å². The molecule has 2 aliphatic heterocycles. The summed E-state index contributed by atoms with van der Waals surface area (Å²) in [6.07, 6.45) is 10.4. The fraction of sp³-hybridized carbons (Fsp3) is 0.680. The first-order valence-electron chi connectivity index (χ1n) is 11.8. The van der Waals surface area contributed by atoms with Gasteiger partial charge >= 0.3 is 0 Å². The van der Waals surface area contributed by atoms with Crippen molar-refractivity contribution in [3.8, 4) is 0 Å². The summed E-state index contributed by atoms with van der Waals surface area (Å²) in [6, 6.07) is 8.35. The third kappa shape index (κ3) is 4.84. The number of rotatable bonds is 3. The van der Waals surface area contributed by atoms with Gasteiger partial charge in [-0.2, -0.15) is 0 Å². The molecule has 1 aromatic rings. The Balaban J connectivity index is 1.29. The van der Waals surface area contributed by atoms with E-state index in [0.29, 0.717) is 24.9 Å². The average molecular weight is 397 g/mol. The topological polar surface area (TPSA) is 40.6 Å². The molecular formula is C25H36N2O2. The first kappa shape index (κ1) is 20.4. The zero-order valence-corrected chi connectivity index (χ0v) is 17.9. The van der Waals surface area contributed by atoms with E-state index in [1.165, 1.54) is 37.7 Å². The highest BCUT2D eigenvalue weighted by Crippen LogP contribution is 2.33. The van der Waals surface area contributed by atoms with Crippen molar-refractivity contribution in [1.82, 2.24) is 9.80 Å². The quantitative estimate of drug-likeness (QED) is 0.733. The molecule has 4 rings (SSSR count). The monoisotopic (exact) mass is 396 g/mol. The number of likely N-dealkylation sites (tertiary alicyclic amines) is 2. The van der Waals surface area contributed by atoms with Crippen LogP contribution in [0.15, 0.2) is 24.3 Å². The summed E-state index contributed by atoms with van der Waals surface area (Å²) in [7, 11) is 0. The molecule has 0 atom stereocenters. The van der Waals surface area contributed by atoms with E-state index in [1.807, 2.05) is 17.0 Å². The minimum absolute atomic E-state index is 0.0983. The van der Waals surface area contributed by atoms with Crippen molar-refractivity contribution >= 4 is 11.8 Å². The van der Waals surface area contributed by atoms with Crippen molar-refractivity contribution in [2.75, 3.05) is 26.2 Å². The molecule has 0 unspecified atom stereocenters. The van der Waals surface area contributed by atoms with Crippen molar-refractivity contribution in [3.63, 3.8) is 0 Å². The SMILES string of the molecule is CC1CCN(C(=O)C2CCN(C(=O)c3ccc(C4CCCCC4)cc3)CC2)CC1. The van der Waals surface area contributed by atoms with E-state index in [0.717, 1.165) is 50.3 Å². The van der Waals surface area contributed by atoms with E-state index < -0.39 is 0 Å². The second-order valence-corrected chi connectivity index (χ2v) is 9.53. The number of hydrogen-bond acceptors (Lipinski definition) is 2. The molecule has 1 saturated carbocycles. The van der Waals surface area contributed by atoms with Gasteiger partial charge in [-0.3, -0.25) is 9.59 Å². The van der Waals surface area contributed by atoms with Gasteiger partial charge in [0, 0.05) is 37.7 Å². The summed E-state index contributed by atoms with van der Waals surface area (Å²) < 4.78 is 0. The van der Waals surface area contributed by atoms with Crippen LogP contribution in [-0.2, 0) is 4.79 Å². The van der Waals surface area contributed by atoms with Crippen LogP contribution < -0.4 is 0 Å². The molecule has 1 aliphatic carbocycles. The molecule has 3 fully saturated rings. The van der Waals surface area contributed by atoms with Gasteiger partial charge in [-0.15, -0.1) is 0 Å². The molecule has 29 heavy (non-hydrogen) atoms. The smallest absolute Gasteiger partial charge is 0.253 e. The molecule has 1 aromatic carbocycles. The van der Waals surface area contributed by atoms with Gasteiger partial charge in [0.1, 0.15) is 0 Å². The molecule has 2 amide bonds. The van der Waals surface area contributed by atoms with Crippen LogP contribution in [0.2, 0.25) is 0 Å². The molecule has 0 spiro atoms. The fourth-order valence-electron chi connectivity index (χ4n) is 5.33. The predicted octanol–water partition coefficient (Wildman–Crippen LogP) is 4.85. The fourth-order valence-corrected chi connectivity index (χ4v) is 5.33. The maximum Gasteiger partial charge on any atom is 0.253 e. The minimum atomic E-state index is 0.0983. The summed E-state index contributed by atoms with van der Waals surface area (Å²) in [6.45, 7) is 5.49. The molecule has 0 bridgehead atoms. The van der Waals surface area contributed by atoms with Crippen molar-refractivity contribution < 1.29 is 9.59 Å². The molecule has 2 saturated heterocycles. The lowest BCUT2D eigenvalue weighted by atomic mass is 9.84. The molecule has 4 heteroatoms. The van der Waals surface area contributed by atoms with Gasteiger partial charge < -0.3 is 9.80 Å². The Labute approximate surface area is 175 Å². The molecule has 3 aliphatic rings. The molecule has 158 valence electrons. The van der Waals surface area contributed by atoms with Crippen LogP contribution in [0, 0.1) is 11.8 Å². The van der Waals surface area contributed by atoms with Gasteiger partial charge in [-0.25, -0.2) is 0 Å². The Morgan fingerprint density at radius 1 is 0.759 bits per heavy atom. The molecule has 4 nitrogen and oxygen atoms in total. The standard InChI is InChI=1S/C25H36N2O2/c1-19-11-15-26(16-12-19)25(29)23-13-17-27(18-14-23)24(28)22-9-7-21(8-10-22)20-5-3-2-4-6-20/h7-10,19-20,23H,2-6,11-18H2,1H3. The van der Waals surface area contributed by atoms with E-state index >= 15 is 0 Å². The van der Waals surface area contributed by atoms with Crippen LogP contribution in [0.3, 0.4) is 0 Å². The molecule has 0 N–H and O–H groups in total. The van der Waals surface area contributed by atoms with Gasteiger partial charge in [0.2, 0.25) is 5.91 Å². The first-order valence-corrected chi connectivity index (χ1v) is 11.8. The number of carbonyl (C=O) groups is 2. The van der Waals surface area contributed by atoms with Crippen LogP contribution in [0.4, 0.5) is 0 Å². The molecular weight excluding hydrogens is 360 g/mol. The van der Waals surface area contributed by atoms with Crippen molar-refractivity contribution in [2.45, 2.75) is 70.6 Å². The lowest BCUT2D eigenvalue weighted by Crippen LogP contribution is -2.46. The summed E-state index contributed by atoms with van der Waals surface area (Å²) >= 11 is 0. The highest BCUT2D eigenvalue weighted by Gasteiger charge is 2.31. The summed E-state index contributed by atoms with van der Waals surface area (Å²) in [5.74, 6) is 1.95. The largest absolute Gasteiger partial charge is 0.342 e. The van der Waals surface area contributed by atoms with Crippen LogP contribution >= 0.6 is 0 Å². The highest BCUT2D eigenvalue weighted by atomic mass is 16.2. The van der Waals surface area contributed by atoms with E-state index in [1.54, 1.807) is 0 Å². The number of nitrogens with zero attached hydrogens (tertiary/aromatic N) is 2. The molecule has 2 heterocycles. The summed E-state index contributed by atoms with van der Waals surface area (Å²) in [5.41, 5.74) is 2.18. The van der Waals surface area contributed by atoms with E-state index in [2.05, 4.69) is 24.0 Å². The van der Waals surface area contributed by atoms with Crippen LogP contribution in [0.25, 0.3) is 0 Å². The third-order valence-corrected chi connectivity index (χ3v) is 7.46. The maximum atomic E-state index is 12.9. The Bertz CT molecular complexity index is 692. The van der Waals surface area contributed by atoms with Crippen LogP contribution in [0.1, 0.15) is 86.6 Å². The van der Waals surface area contributed by atoms with Crippen LogP contribution in [-0.4, -0.2) is 47.8 Å². The lowest BCUT2D eigenvalue weighted by molar-refractivity contribution is -0.138. The normalized spacial score (nSPS) is 22.7. The van der Waals surface area contributed by atoms with E-state index in [-0.39, 0.29) is 11.8 Å². The highest BCUT2D eigenvalue weighted by molar-refractivity contribution is 5.94. The van der Waals surface area contributed by atoms with E-state index in [4.69, 9.17) is 0 Å². The van der Waals surface area contributed by atoms with Crippen molar-refractivity contribution in [1.29, 1.82) is 0 Å². The van der Waals surface area contributed by atoms with Crippen molar-refractivity contribution in [2.24, 2.45) is 11.8 Å². The van der Waals surface area contributed by atoms with Gasteiger partial charge in [0.25, 0.3) is 5.91 Å². The predicted molar refractivity (Wildman–Crippen MR) is 116 cm³/mol. The second kappa shape index (κ2) is 9.32. The third-order valence-electron chi connectivity index (χ3n) is 7.46. The Hall–Kier alpha value is -1.84. The Kier molecular flexibility index (Phi) is 6.56. The number of piperidine rings is 2. The zero-order valence-electron chi connectivity index (χ0n) is 17.9. The Morgan fingerprint density at radius 2 is 1.34 bits per heavy atom. The van der Waals surface area contributed by atoms with Gasteiger partial charge in [-0.1, -0.05) is 38.3 Å². The molecule has 0 aromatic heterocycles. The first-order chi connectivity index (χ1) is 14.1. The maximum absolute atomic E-state index is 12.9. The molecule has 0 radical (unpaired) electrons. The van der Waals surface area contributed by atoms with Gasteiger partial charge in [0.15, 0.2) is 0 Å². The summed E-state index contributed by atoms with van der Waals surface area (Å²) in [4.78, 5) is 29.8. The average Bonchev–Trinajstić information content (AvgIpc) is 2.79. The summed E-state index contributed by atoms with van der Waals surface area (Å²) in [5, 5.41) is 0. The van der Waals surface area contributed by atoms with Crippen LogP contribution in [0.5, 0.6) is 0 Å². The van der Waals surface area contributed by atoms with E-state index in [9.17, 15) is 9.59 Å². The number of carbonyl (C=O) groups excluding carboxylic acids is 2. The minimum Gasteiger partial charge on any atom is -0.342 e. The zero-order chi connectivity index (χ0) is 20.2. The Morgan fingerprint density at radius 3 is 1.97 bits per heavy atom. The number of hydrogen-bond donors (Lipinski definition) is 0.